The molecule has 0 atom stereocenters. The van der Waals surface area contributed by atoms with E-state index in [0.29, 0.717) is 6.42 Å². The molecule has 1 rings (SSSR count). The molecule has 0 heterocycles. The highest BCUT2D eigenvalue weighted by Crippen LogP contribution is 2.28. The van der Waals surface area contributed by atoms with Crippen molar-refractivity contribution in [2.24, 2.45) is 11.5 Å². The number of carbonyl (C=O) groups is 2. The zero-order chi connectivity index (χ0) is 18.2. The van der Waals surface area contributed by atoms with E-state index in [4.69, 9.17) is 11.5 Å². The highest BCUT2D eigenvalue weighted by atomic mass is 16.5. The highest BCUT2D eigenvalue weighted by Gasteiger charge is 2.30. The van der Waals surface area contributed by atoms with Crippen molar-refractivity contribution in [1.82, 2.24) is 0 Å². The van der Waals surface area contributed by atoms with Gasteiger partial charge in [-0.25, -0.2) is 0 Å². The molecule has 0 bridgehead atoms. The Morgan fingerprint density at radius 1 is 0.958 bits per heavy atom. The molecule has 1 aromatic carbocycles. The van der Waals surface area contributed by atoms with Crippen LogP contribution < -0.4 is 11.5 Å². The number of amides is 2. The van der Waals surface area contributed by atoms with Gasteiger partial charge in [-0.05, 0) is 24.6 Å². The predicted octanol–water partition coefficient (Wildman–Crippen LogP) is 2.16. The summed E-state index contributed by atoms with van der Waals surface area (Å²) < 4.78 is 0. The van der Waals surface area contributed by atoms with Gasteiger partial charge in [0.2, 0.25) is 11.8 Å². The topological polar surface area (TPSA) is 127 Å². The van der Waals surface area contributed by atoms with E-state index in [1.54, 1.807) is 0 Å². The van der Waals surface area contributed by atoms with Crippen molar-refractivity contribution in [1.29, 1.82) is 0 Å². The van der Waals surface area contributed by atoms with Gasteiger partial charge in [0.25, 0.3) is 0 Å². The van der Waals surface area contributed by atoms with E-state index in [9.17, 15) is 19.8 Å². The number of rotatable bonds is 11. The molecule has 6 heteroatoms. The van der Waals surface area contributed by atoms with Gasteiger partial charge in [0.05, 0.1) is 0 Å². The Morgan fingerprint density at radius 3 is 2.08 bits per heavy atom. The zero-order valence-corrected chi connectivity index (χ0v) is 14.3. The van der Waals surface area contributed by atoms with E-state index in [1.165, 1.54) is 37.5 Å². The molecule has 0 aliphatic carbocycles. The van der Waals surface area contributed by atoms with Crippen LogP contribution in [-0.2, 0) is 5.79 Å². The van der Waals surface area contributed by atoms with Crippen LogP contribution in [0, 0.1) is 0 Å². The summed E-state index contributed by atoms with van der Waals surface area (Å²) >= 11 is 0. The summed E-state index contributed by atoms with van der Waals surface area (Å²) in [7, 11) is 0. The smallest absolute Gasteiger partial charge is 0.249 e. The van der Waals surface area contributed by atoms with Crippen LogP contribution in [0.3, 0.4) is 0 Å². The predicted molar refractivity (Wildman–Crippen MR) is 92.2 cm³/mol. The second kappa shape index (κ2) is 9.39. The van der Waals surface area contributed by atoms with Crippen molar-refractivity contribution < 1.29 is 19.8 Å². The van der Waals surface area contributed by atoms with Crippen LogP contribution in [0.4, 0.5) is 0 Å². The number of carbonyl (C=O) groups excluding carboxylic acids is 2. The van der Waals surface area contributed by atoms with Crippen LogP contribution in [0.5, 0.6) is 0 Å². The zero-order valence-electron chi connectivity index (χ0n) is 14.3. The first-order chi connectivity index (χ1) is 11.3. The van der Waals surface area contributed by atoms with Gasteiger partial charge in [-0.1, -0.05) is 45.4 Å². The number of aliphatic hydroxyl groups is 2. The Morgan fingerprint density at radius 2 is 1.54 bits per heavy atom. The first-order valence-corrected chi connectivity index (χ1v) is 8.48. The second-order valence-electron chi connectivity index (χ2n) is 6.18. The summed E-state index contributed by atoms with van der Waals surface area (Å²) in [6.07, 6.45) is 7.26. The maximum Gasteiger partial charge on any atom is 0.249 e. The Balaban J connectivity index is 2.75. The van der Waals surface area contributed by atoms with Crippen molar-refractivity contribution in [3.05, 3.63) is 34.9 Å². The Labute approximate surface area is 142 Å². The molecule has 0 spiro atoms. The van der Waals surface area contributed by atoms with Crippen LogP contribution in [0.15, 0.2) is 18.2 Å². The highest BCUT2D eigenvalue weighted by molar-refractivity contribution is 5.98. The van der Waals surface area contributed by atoms with Crippen LogP contribution in [0.1, 0.15) is 84.6 Å². The molecule has 0 fully saturated rings. The van der Waals surface area contributed by atoms with E-state index in [2.05, 4.69) is 6.92 Å². The Kier molecular flexibility index (Phi) is 7.88. The maximum atomic E-state index is 11.5. The lowest BCUT2D eigenvalue weighted by Crippen LogP contribution is -2.30. The molecule has 0 radical (unpaired) electrons. The second-order valence-corrected chi connectivity index (χ2v) is 6.18. The fourth-order valence-corrected chi connectivity index (χ4v) is 2.71. The van der Waals surface area contributed by atoms with Gasteiger partial charge in [0.15, 0.2) is 5.79 Å². The summed E-state index contributed by atoms with van der Waals surface area (Å²) in [4.78, 5) is 22.8. The number of unbranched alkanes of at least 4 members (excludes halogenated alkanes) is 6. The molecule has 134 valence electrons. The monoisotopic (exact) mass is 336 g/mol. The van der Waals surface area contributed by atoms with Crippen molar-refractivity contribution in [2.75, 3.05) is 0 Å². The van der Waals surface area contributed by atoms with E-state index in [0.717, 1.165) is 19.3 Å². The first-order valence-electron chi connectivity index (χ1n) is 8.48. The average Bonchev–Trinajstić information content (AvgIpc) is 2.53. The summed E-state index contributed by atoms with van der Waals surface area (Å²) in [5, 5.41) is 20.7. The molecule has 0 aromatic heterocycles. The molecular weight excluding hydrogens is 308 g/mol. The molecule has 2 amide bonds. The SMILES string of the molecule is CCCCCCCCCC(O)(O)c1cc(C(N)=O)ccc1C(N)=O. The van der Waals surface area contributed by atoms with Gasteiger partial charge >= 0.3 is 0 Å². The van der Waals surface area contributed by atoms with Crippen LogP contribution in [-0.4, -0.2) is 22.0 Å². The van der Waals surface area contributed by atoms with E-state index in [-0.39, 0.29) is 23.1 Å². The van der Waals surface area contributed by atoms with Crippen LogP contribution in [0.2, 0.25) is 0 Å². The van der Waals surface area contributed by atoms with Crippen molar-refractivity contribution in [3.63, 3.8) is 0 Å². The Bertz CT molecular complexity index is 570. The summed E-state index contributed by atoms with van der Waals surface area (Å²) in [6.45, 7) is 2.16. The molecule has 0 aliphatic rings. The third-order valence-electron chi connectivity index (χ3n) is 4.13. The minimum atomic E-state index is -2.22. The number of benzene rings is 1. The first kappa shape index (κ1) is 20.1. The van der Waals surface area contributed by atoms with Crippen molar-refractivity contribution in [3.8, 4) is 0 Å². The number of hydrogen-bond donors (Lipinski definition) is 4. The third kappa shape index (κ3) is 5.94. The molecule has 0 unspecified atom stereocenters. The van der Waals surface area contributed by atoms with Gasteiger partial charge in [-0.15, -0.1) is 0 Å². The molecule has 0 saturated carbocycles. The fraction of sp³-hybridized carbons (Fsp3) is 0.556. The summed E-state index contributed by atoms with van der Waals surface area (Å²) in [6, 6.07) is 3.86. The molecule has 0 aliphatic heterocycles. The molecular formula is C18H28N2O4. The van der Waals surface area contributed by atoms with Gasteiger partial charge in [-0.3, -0.25) is 9.59 Å². The molecule has 0 saturated heterocycles. The normalized spacial score (nSPS) is 11.5. The lowest BCUT2D eigenvalue weighted by atomic mass is 9.92. The maximum absolute atomic E-state index is 11.5. The van der Waals surface area contributed by atoms with Crippen molar-refractivity contribution >= 4 is 11.8 Å². The van der Waals surface area contributed by atoms with E-state index < -0.39 is 17.6 Å². The van der Waals surface area contributed by atoms with E-state index in [1.807, 2.05) is 0 Å². The van der Waals surface area contributed by atoms with Gasteiger partial charge in [-0.2, -0.15) is 0 Å². The number of nitrogens with two attached hydrogens (primary N) is 2. The van der Waals surface area contributed by atoms with E-state index >= 15 is 0 Å². The molecule has 24 heavy (non-hydrogen) atoms. The van der Waals surface area contributed by atoms with Gasteiger partial charge < -0.3 is 21.7 Å². The summed E-state index contributed by atoms with van der Waals surface area (Å²) in [5.41, 5.74) is 10.5. The largest absolute Gasteiger partial charge is 0.366 e. The quantitative estimate of drug-likeness (QED) is 0.365. The van der Waals surface area contributed by atoms with Gasteiger partial charge in [0, 0.05) is 23.1 Å². The standard InChI is InChI=1S/C18H28N2O4/c1-2-3-4-5-6-7-8-11-18(23,24)15-12-13(16(19)21)9-10-14(15)17(20)22/h9-10,12,23-24H,2-8,11H2,1H3,(H2,19,21)(H2,20,22). The van der Waals surface area contributed by atoms with Gasteiger partial charge in [0.1, 0.15) is 0 Å². The summed E-state index contributed by atoms with van der Waals surface area (Å²) in [5.74, 6) is -3.72. The molecule has 6 nitrogen and oxygen atoms in total. The third-order valence-corrected chi connectivity index (χ3v) is 4.13. The fourth-order valence-electron chi connectivity index (χ4n) is 2.71. The lowest BCUT2D eigenvalue weighted by molar-refractivity contribution is -0.175. The molecule has 6 N–H and O–H groups in total. The lowest BCUT2D eigenvalue weighted by Gasteiger charge is -2.24. The van der Waals surface area contributed by atoms with Crippen LogP contribution >= 0.6 is 0 Å². The number of primary amides is 2. The molecule has 1 aromatic rings. The van der Waals surface area contributed by atoms with Crippen molar-refractivity contribution in [2.45, 2.75) is 64.1 Å². The Hall–Kier alpha value is -1.92. The minimum Gasteiger partial charge on any atom is -0.366 e. The minimum absolute atomic E-state index is 0.0204. The average molecular weight is 336 g/mol. The van der Waals surface area contributed by atoms with Crippen LogP contribution in [0.25, 0.3) is 0 Å². The number of hydrogen-bond acceptors (Lipinski definition) is 4.